The maximum Gasteiger partial charge on any atom is 0.180 e. The Morgan fingerprint density at radius 1 is 1.53 bits per heavy atom. The number of aryl methyl sites for hydroxylation is 1. The number of ether oxygens (including phenoxy) is 1. The Labute approximate surface area is 113 Å². The second-order valence-corrected chi connectivity index (χ2v) is 7.04. The molecule has 0 aromatic carbocycles. The van der Waals surface area contributed by atoms with Crippen LogP contribution in [0.4, 0.5) is 0 Å². The van der Waals surface area contributed by atoms with Crippen LogP contribution in [-0.2, 0) is 21.0 Å². The van der Waals surface area contributed by atoms with Crippen molar-refractivity contribution in [1.29, 1.82) is 0 Å². The van der Waals surface area contributed by atoms with Crippen molar-refractivity contribution in [3.05, 3.63) is 11.6 Å². The highest BCUT2D eigenvalue weighted by molar-refractivity contribution is 7.90. The first-order chi connectivity index (χ1) is 8.98. The SMILES string of the molecule is CCc1nc([C@@H]2CN(CCS(C)(=O)=O)CCO2)n[nH]1. The van der Waals surface area contributed by atoms with Gasteiger partial charge < -0.3 is 4.74 Å². The predicted molar refractivity (Wildman–Crippen MR) is 70.6 cm³/mol. The van der Waals surface area contributed by atoms with E-state index in [2.05, 4.69) is 20.1 Å². The molecule has 8 heteroatoms. The number of hydrogen-bond acceptors (Lipinski definition) is 6. The van der Waals surface area contributed by atoms with Crippen LogP contribution in [0.1, 0.15) is 24.7 Å². The van der Waals surface area contributed by atoms with Gasteiger partial charge in [0.25, 0.3) is 0 Å². The average Bonchev–Trinajstić information content (AvgIpc) is 2.85. The quantitative estimate of drug-likeness (QED) is 0.806. The lowest BCUT2D eigenvalue weighted by Crippen LogP contribution is -2.41. The smallest absolute Gasteiger partial charge is 0.180 e. The third-order valence-corrected chi connectivity index (χ3v) is 4.02. The van der Waals surface area contributed by atoms with E-state index >= 15 is 0 Å². The topological polar surface area (TPSA) is 88.2 Å². The van der Waals surface area contributed by atoms with Crippen molar-refractivity contribution in [2.75, 3.05) is 38.2 Å². The van der Waals surface area contributed by atoms with Crippen LogP contribution in [0, 0.1) is 0 Å². The summed E-state index contributed by atoms with van der Waals surface area (Å²) >= 11 is 0. The molecule has 7 nitrogen and oxygen atoms in total. The minimum atomic E-state index is -2.93. The summed E-state index contributed by atoms with van der Waals surface area (Å²) in [6, 6.07) is 0. The van der Waals surface area contributed by atoms with Gasteiger partial charge in [-0.15, -0.1) is 0 Å². The molecule has 1 aromatic rings. The standard InChI is InChI=1S/C11H20N4O3S/c1-3-10-12-11(14-13-10)9-8-15(4-6-18-9)5-7-19(2,16)17/h9H,3-8H2,1-2H3,(H,12,13,14)/t9-/m0/s1. The minimum absolute atomic E-state index is 0.175. The van der Waals surface area contributed by atoms with Gasteiger partial charge in [0, 0.05) is 32.3 Å². The lowest BCUT2D eigenvalue weighted by atomic mass is 10.2. The molecule has 0 bridgehead atoms. The van der Waals surface area contributed by atoms with Crippen molar-refractivity contribution < 1.29 is 13.2 Å². The summed E-state index contributed by atoms with van der Waals surface area (Å²) in [5.74, 6) is 1.67. The number of nitrogens with zero attached hydrogens (tertiary/aromatic N) is 3. The van der Waals surface area contributed by atoms with Gasteiger partial charge in [-0.3, -0.25) is 10.00 Å². The summed E-state index contributed by atoms with van der Waals surface area (Å²) in [6.45, 7) is 4.49. The fourth-order valence-corrected chi connectivity index (χ4v) is 2.56. The summed E-state index contributed by atoms with van der Waals surface area (Å²) in [5.41, 5.74) is 0. The van der Waals surface area contributed by atoms with Crippen molar-refractivity contribution >= 4 is 9.84 Å². The van der Waals surface area contributed by atoms with Crippen LogP contribution in [0.5, 0.6) is 0 Å². The first-order valence-electron chi connectivity index (χ1n) is 6.41. The number of hydrogen-bond donors (Lipinski definition) is 1. The highest BCUT2D eigenvalue weighted by Gasteiger charge is 2.25. The van der Waals surface area contributed by atoms with Crippen molar-refractivity contribution in [1.82, 2.24) is 20.1 Å². The summed E-state index contributed by atoms with van der Waals surface area (Å²) in [4.78, 5) is 6.44. The van der Waals surface area contributed by atoms with Gasteiger partial charge in [-0.25, -0.2) is 13.4 Å². The van der Waals surface area contributed by atoms with Crippen molar-refractivity contribution in [3.8, 4) is 0 Å². The lowest BCUT2D eigenvalue weighted by molar-refractivity contribution is -0.0321. The van der Waals surface area contributed by atoms with Gasteiger partial charge in [0.2, 0.25) is 0 Å². The molecule has 1 N–H and O–H groups in total. The number of aromatic nitrogens is 3. The van der Waals surface area contributed by atoms with Gasteiger partial charge in [0.1, 0.15) is 21.8 Å². The number of rotatable bonds is 5. The fraction of sp³-hybridized carbons (Fsp3) is 0.818. The molecule has 19 heavy (non-hydrogen) atoms. The number of H-pyrrole nitrogens is 1. The van der Waals surface area contributed by atoms with E-state index in [-0.39, 0.29) is 11.9 Å². The Morgan fingerprint density at radius 3 is 2.95 bits per heavy atom. The summed E-state index contributed by atoms with van der Waals surface area (Å²) in [5, 5.41) is 7.02. The molecule has 1 aromatic heterocycles. The van der Waals surface area contributed by atoms with E-state index in [1.807, 2.05) is 6.92 Å². The second-order valence-electron chi connectivity index (χ2n) is 4.78. The summed E-state index contributed by atoms with van der Waals surface area (Å²) in [6.07, 6.45) is 1.88. The van der Waals surface area contributed by atoms with Gasteiger partial charge in [0.15, 0.2) is 5.82 Å². The molecule has 1 atom stereocenters. The lowest BCUT2D eigenvalue weighted by Gasteiger charge is -2.31. The zero-order valence-electron chi connectivity index (χ0n) is 11.3. The Hall–Kier alpha value is -0.990. The van der Waals surface area contributed by atoms with E-state index in [0.29, 0.717) is 25.5 Å². The third-order valence-electron chi connectivity index (χ3n) is 3.10. The van der Waals surface area contributed by atoms with Crippen molar-refractivity contribution in [3.63, 3.8) is 0 Å². The summed E-state index contributed by atoms with van der Waals surface area (Å²) < 4.78 is 28.0. The first kappa shape index (κ1) is 14.4. The van der Waals surface area contributed by atoms with E-state index in [4.69, 9.17) is 4.74 Å². The number of morpholine rings is 1. The fourth-order valence-electron chi connectivity index (χ4n) is 1.97. The third kappa shape index (κ3) is 4.26. The van der Waals surface area contributed by atoms with Crippen LogP contribution in [-0.4, -0.2) is 66.7 Å². The molecule has 1 aliphatic heterocycles. The molecule has 108 valence electrons. The Kier molecular flexibility index (Phi) is 4.54. The first-order valence-corrected chi connectivity index (χ1v) is 8.47. The molecule has 2 rings (SSSR count). The van der Waals surface area contributed by atoms with Crippen LogP contribution >= 0.6 is 0 Å². The molecular weight excluding hydrogens is 268 g/mol. The molecule has 0 unspecified atom stereocenters. The maximum absolute atomic E-state index is 11.2. The van der Waals surface area contributed by atoms with E-state index in [9.17, 15) is 8.42 Å². The zero-order chi connectivity index (χ0) is 13.9. The molecule has 0 amide bonds. The molecule has 0 aliphatic carbocycles. The van der Waals surface area contributed by atoms with E-state index < -0.39 is 9.84 Å². The predicted octanol–water partition coefficient (Wildman–Crippen LogP) is -0.215. The van der Waals surface area contributed by atoms with Crippen LogP contribution in [0.3, 0.4) is 0 Å². The molecular formula is C11H20N4O3S. The van der Waals surface area contributed by atoms with Gasteiger partial charge in [-0.2, -0.15) is 5.10 Å². The number of aromatic amines is 1. The van der Waals surface area contributed by atoms with Crippen LogP contribution < -0.4 is 0 Å². The summed E-state index contributed by atoms with van der Waals surface area (Å²) in [7, 11) is -2.93. The maximum atomic E-state index is 11.2. The van der Waals surface area contributed by atoms with E-state index in [1.165, 1.54) is 6.26 Å². The zero-order valence-corrected chi connectivity index (χ0v) is 12.1. The molecule has 0 saturated carbocycles. The van der Waals surface area contributed by atoms with Crippen LogP contribution in [0.2, 0.25) is 0 Å². The minimum Gasteiger partial charge on any atom is -0.367 e. The van der Waals surface area contributed by atoms with E-state index in [1.54, 1.807) is 0 Å². The van der Waals surface area contributed by atoms with Crippen molar-refractivity contribution in [2.45, 2.75) is 19.4 Å². The molecule has 1 saturated heterocycles. The van der Waals surface area contributed by atoms with Gasteiger partial charge >= 0.3 is 0 Å². The Bertz CT molecular complexity index is 514. The Balaban J connectivity index is 1.93. The van der Waals surface area contributed by atoms with Gasteiger partial charge in [-0.05, 0) is 0 Å². The highest BCUT2D eigenvalue weighted by Crippen LogP contribution is 2.18. The van der Waals surface area contributed by atoms with Crippen LogP contribution in [0.15, 0.2) is 0 Å². The van der Waals surface area contributed by atoms with E-state index in [0.717, 1.165) is 18.8 Å². The number of sulfone groups is 1. The molecule has 1 aliphatic rings. The molecule has 2 heterocycles. The molecule has 0 spiro atoms. The van der Waals surface area contributed by atoms with Gasteiger partial charge in [-0.1, -0.05) is 6.92 Å². The second kappa shape index (κ2) is 5.98. The molecule has 1 fully saturated rings. The van der Waals surface area contributed by atoms with Crippen molar-refractivity contribution in [2.24, 2.45) is 0 Å². The Morgan fingerprint density at radius 2 is 2.32 bits per heavy atom. The highest BCUT2D eigenvalue weighted by atomic mass is 32.2. The normalized spacial score (nSPS) is 21.7. The van der Waals surface area contributed by atoms with Gasteiger partial charge in [0.05, 0.1) is 12.4 Å². The monoisotopic (exact) mass is 288 g/mol. The largest absolute Gasteiger partial charge is 0.367 e. The van der Waals surface area contributed by atoms with Crippen LogP contribution in [0.25, 0.3) is 0 Å². The number of nitrogens with one attached hydrogen (secondary N) is 1. The molecule has 0 radical (unpaired) electrons. The average molecular weight is 288 g/mol.